The number of carbonyl (C=O) groups excluding carboxylic acids is 1. The second kappa shape index (κ2) is 5.09. The molecule has 0 heterocycles. The Morgan fingerprint density at radius 2 is 1.83 bits per heavy atom. The molecule has 0 saturated heterocycles. The van der Waals surface area contributed by atoms with Crippen molar-refractivity contribution < 1.29 is 4.79 Å². The van der Waals surface area contributed by atoms with Crippen molar-refractivity contribution in [2.24, 2.45) is 17.8 Å². The minimum absolute atomic E-state index is 0.485. The van der Waals surface area contributed by atoms with E-state index < -0.39 is 0 Å². The smallest absolute Gasteiger partial charge is 0.133 e. The van der Waals surface area contributed by atoms with Crippen LogP contribution in [0.3, 0.4) is 0 Å². The lowest BCUT2D eigenvalue weighted by atomic mass is 10.1. The molecule has 2 aliphatic rings. The van der Waals surface area contributed by atoms with Gasteiger partial charge in [-0.3, -0.25) is 4.79 Å². The number of aryl methyl sites for hydroxylation is 1. The SMILES string of the molecule is O=C1CC2C(C=CCCCc3ccccc3)C2C1. The van der Waals surface area contributed by atoms with Crippen molar-refractivity contribution in [3.63, 3.8) is 0 Å². The molecule has 18 heavy (non-hydrogen) atoms. The van der Waals surface area contributed by atoms with Crippen LogP contribution in [-0.2, 0) is 11.2 Å². The quantitative estimate of drug-likeness (QED) is 0.565. The van der Waals surface area contributed by atoms with Crippen molar-refractivity contribution in [3.8, 4) is 0 Å². The van der Waals surface area contributed by atoms with Crippen molar-refractivity contribution in [2.45, 2.75) is 32.1 Å². The summed E-state index contributed by atoms with van der Waals surface area (Å²) in [6.07, 6.45) is 9.96. The van der Waals surface area contributed by atoms with E-state index in [-0.39, 0.29) is 0 Å². The lowest BCUT2D eigenvalue weighted by Gasteiger charge is -1.98. The number of carbonyl (C=O) groups is 1. The molecule has 2 saturated carbocycles. The first-order valence-corrected chi connectivity index (χ1v) is 7.07. The van der Waals surface area contributed by atoms with Gasteiger partial charge < -0.3 is 0 Å². The van der Waals surface area contributed by atoms with Gasteiger partial charge in [0.05, 0.1) is 0 Å². The molecule has 0 aromatic heterocycles. The standard InChI is InChI=1S/C17H20O/c18-14-11-16-15(17(16)12-14)10-6-2-5-9-13-7-3-1-4-8-13/h1,3-4,6-8,10,15-17H,2,5,9,11-12H2. The lowest BCUT2D eigenvalue weighted by Crippen LogP contribution is -1.95. The second-order valence-corrected chi connectivity index (χ2v) is 5.66. The van der Waals surface area contributed by atoms with Gasteiger partial charge in [-0.2, -0.15) is 0 Å². The molecule has 94 valence electrons. The highest BCUT2D eigenvalue weighted by Gasteiger charge is 2.54. The maximum atomic E-state index is 11.1. The van der Waals surface area contributed by atoms with Crippen LogP contribution in [0.2, 0.25) is 0 Å². The normalized spacial score (nSPS) is 29.8. The van der Waals surface area contributed by atoms with E-state index in [4.69, 9.17) is 0 Å². The molecule has 1 nitrogen and oxygen atoms in total. The molecule has 0 spiro atoms. The highest BCUT2D eigenvalue weighted by atomic mass is 16.1. The number of allylic oxidation sites excluding steroid dienone is 2. The van der Waals surface area contributed by atoms with Crippen LogP contribution in [0.1, 0.15) is 31.2 Å². The van der Waals surface area contributed by atoms with Crippen LogP contribution in [-0.4, -0.2) is 5.78 Å². The van der Waals surface area contributed by atoms with Crippen molar-refractivity contribution in [1.82, 2.24) is 0 Å². The number of rotatable bonds is 5. The van der Waals surface area contributed by atoms with Gasteiger partial charge in [0.25, 0.3) is 0 Å². The molecule has 0 bridgehead atoms. The summed E-state index contributed by atoms with van der Waals surface area (Å²) in [5.74, 6) is 2.64. The monoisotopic (exact) mass is 240 g/mol. The van der Waals surface area contributed by atoms with E-state index in [1.165, 1.54) is 24.8 Å². The zero-order valence-electron chi connectivity index (χ0n) is 10.7. The lowest BCUT2D eigenvalue weighted by molar-refractivity contribution is -0.118. The maximum Gasteiger partial charge on any atom is 0.133 e. The first-order valence-electron chi connectivity index (χ1n) is 7.07. The summed E-state index contributed by atoms with van der Waals surface area (Å²) >= 11 is 0. The summed E-state index contributed by atoms with van der Waals surface area (Å²) in [7, 11) is 0. The summed E-state index contributed by atoms with van der Waals surface area (Å²) in [4.78, 5) is 11.1. The van der Waals surface area contributed by atoms with Gasteiger partial charge in [-0.05, 0) is 42.6 Å². The van der Waals surface area contributed by atoms with Gasteiger partial charge in [0, 0.05) is 12.8 Å². The van der Waals surface area contributed by atoms with Gasteiger partial charge in [0.2, 0.25) is 0 Å². The highest BCUT2D eigenvalue weighted by Crippen LogP contribution is 2.56. The number of benzene rings is 1. The Morgan fingerprint density at radius 3 is 2.56 bits per heavy atom. The van der Waals surface area contributed by atoms with E-state index in [2.05, 4.69) is 42.5 Å². The molecule has 2 aliphatic carbocycles. The zero-order chi connectivity index (χ0) is 12.4. The zero-order valence-corrected chi connectivity index (χ0v) is 10.7. The molecule has 3 rings (SSSR count). The molecule has 1 aromatic rings. The summed E-state index contributed by atoms with van der Waals surface area (Å²) in [6, 6.07) is 10.7. The van der Waals surface area contributed by atoms with Gasteiger partial charge in [0.1, 0.15) is 5.78 Å². The summed E-state index contributed by atoms with van der Waals surface area (Å²) in [5.41, 5.74) is 1.43. The maximum absolute atomic E-state index is 11.1. The number of hydrogen-bond acceptors (Lipinski definition) is 1. The predicted molar refractivity (Wildman–Crippen MR) is 73.2 cm³/mol. The van der Waals surface area contributed by atoms with Crippen LogP contribution >= 0.6 is 0 Å². The number of unbranched alkanes of at least 4 members (excludes halogenated alkanes) is 1. The molecule has 0 radical (unpaired) electrons. The second-order valence-electron chi connectivity index (χ2n) is 5.66. The number of Topliss-reactive ketones (excluding diaryl/α,β-unsaturated/α-hetero) is 1. The fourth-order valence-corrected chi connectivity index (χ4v) is 3.27. The summed E-state index contributed by atoms with van der Waals surface area (Å²) in [6.45, 7) is 0. The minimum atomic E-state index is 0.485. The fraction of sp³-hybridized carbons (Fsp3) is 0.471. The van der Waals surface area contributed by atoms with E-state index in [1.807, 2.05) is 0 Å². The third-order valence-corrected chi connectivity index (χ3v) is 4.36. The van der Waals surface area contributed by atoms with Gasteiger partial charge in [-0.25, -0.2) is 0 Å². The Bertz CT molecular complexity index is 432. The molecular formula is C17H20O. The van der Waals surface area contributed by atoms with E-state index >= 15 is 0 Å². The van der Waals surface area contributed by atoms with Crippen LogP contribution in [0.15, 0.2) is 42.5 Å². The molecule has 0 amide bonds. The molecule has 0 aliphatic heterocycles. The van der Waals surface area contributed by atoms with Crippen molar-refractivity contribution in [1.29, 1.82) is 0 Å². The number of fused-ring (bicyclic) bond motifs is 1. The Morgan fingerprint density at radius 1 is 1.11 bits per heavy atom. The minimum Gasteiger partial charge on any atom is -0.300 e. The van der Waals surface area contributed by atoms with Crippen LogP contribution < -0.4 is 0 Å². The molecule has 1 aromatic carbocycles. The average Bonchev–Trinajstić information content (AvgIpc) is 2.85. The fourth-order valence-electron chi connectivity index (χ4n) is 3.27. The average molecular weight is 240 g/mol. The van der Waals surface area contributed by atoms with Gasteiger partial charge in [-0.15, -0.1) is 0 Å². The summed E-state index contributed by atoms with van der Waals surface area (Å²) in [5, 5.41) is 0. The van der Waals surface area contributed by atoms with Crippen molar-refractivity contribution in [3.05, 3.63) is 48.0 Å². The van der Waals surface area contributed by atoms with Crippen LogP contribution in [0.5, 0.6) is 0 Å². The van der Waals surface area contributed by atoms with Gasteiger partial charge >= 0.3 is 0 Å². The van der Waals surface area contributed by atoms with Crippen molar-refractivity contribution >= 4 is 5.78 Å². The largest absolute Gasteiger partial charge is 0.300 e. The Hall–Kier alpha value is -1.37. The van der Waals surface area contributed by atoms with Crippen molar-refractivity contribution in [2.75, 3.05) is 0 Å². The molecule has 1 heteroatoms. The highest BCUT2D eigenvalue weighted by molar-refractivity contribution is 5.83. The summed E-state index contributed by atoms with van der Waals surface area (Å²) < 4.78 is 0. The third kappa shape index (κ3) is 2.55. The Balaban J connectivity index is 1.35. The van der Waals surface area contributed by atoms with E-state index in [0.717, 1.165) is 18.8 Å². The van der Waals surface area contributed by atoms with Gasteiger partial charge in [-0.1, -0.05) is 42.5 Å². The van der Waals surface area contributed by atoms with E-state index in [9.17, 15) is 4.79 Å². The van der Waals surface area contributed by atoms with E-state index in [0.29, 0.717) is 17.6 Å². The topological polar surface area (TPSA) is 17.1 Å². The Labute approximate surface area is 109 Å². The number of hydrogen-bond donors (Lipinski definition) is 0. The first kappa shape index (κ1) is 11.7. The van der Waals surface area contributed by atoms with Crippen LogP contribution in [0.4, 0.5) is 0 Å². The Kier molecular flexibility index (Phi) is 3.31. The van der Waals surface area contributed by atoms with E-state index in [1.54, 1.807) is 0 Å². The third-order valence-electron chi connectivity index (χ3n) is 4.36. The molecule has 2 unspecified atom stereocenters. The molecule has 0 N–H and O–H groups in total. The van der Waals surface area contributed by atoms with Crippen LogP contribution in [0.25, 0.3) is 0 Å². The molecule has 2 fully saturated rings. The van der Waals surface area contributed by atoms with Crippen LogP contribution in [0, 0.1) is 17.8 Å². The predicted octanol–water partition coefficient (Wildman–Crippen LogP) is 3.79. The van der Waals surface area contributed by atoms with Gasteiger partial charge in [0.15, 0.2) is 0 Å². The molecule has 2 atom stereocenters. The first-order chi connectivity index (χ1) is 8.84. The molecular weight excluding hydrogens is 220 g/mol. The number of ketones is 1.